The number of carbonyl (C=O) groups is 1. The Kier molecular flexibility index (Phi) is 3.94. The molecule has 22 heavy (non-hydrogen) atoms. The number of carboxylic acid groups (broad SMARTS) is 1. The van der Waals surface area contributed by atoms with Gasteiger partial charge < -0.3 is 5.11 Å². The Morgan fingerprint density at radius 2 is 2.00 bits per heavy atom. The van der Waals surface area contributed by atoms with Gasteiger partial charge >= 0.3 is 5.97 Å². The minimum Gasteiger partial charge on any atom is -0.481 e. The molecule has 3 aliphatic carbocycles. The Morgan fingerprint density at radius 3 is 2.64 bits per heavy atom. The molecule has 2 saturated carbocycles. The maximum Gasteiger partial charge on any atom is 0.309 e. The van der Waals surface area contributed by atoms with Crippen LogP contribution >= 0.6 is 0 Å². The molecular weight excluding hydrogens is 272 g/mol. The molecule has 5 atom stereocenters. The van der Waals surface area contributed by atoms with Gasteiger partial charge in [0.2, 0.25) is 0 Å². The van der Waals surface area contributed by atoms with Crippen LogP contribution in [0.15, 0.2) is 11.6 Å². The summed E-state index contributed by atoms with van der Waals surface area (Å²) in [4.78, 5) is 12.0. The van der Waals surface area contributed by atoms with E-state index < -0.39 is 11.4 Å². The van der Waals surface area contributed by atoms with E-state index in [4.69, 9.17) is 0 Å². The van der Waals surface area contributed by atoms with Crippen LogP contribution in [0.1, 0.15) is 72.6 Å². The Hall–Kier alpha value is -0.790. The smallest absolute Gasteiger partial charge is 0.309 e. The Labute approximate surface area is 135 Å². The summed E-state index contributed by atoms with van der Waals surface area (Å²) in [6, 6.07) is 0. The van der Waals surface area contributed by atoms with Crippen LogP contribution < -0.4 is 0 Å². The van der Waals surface area contributed by atoms with E-state index in [1.807, 2.05) is 6.92 Å². The van der Waals surface area contributed by atoms with Crippen molar-refractivity contribution >= 4 is 5.97 Å². The first-order valence-corrected chi connectivity index (χ1v) is 9.21. The van der Waals surface area contributed by atoms with Crippen LogP contribution in [0.2, 0.25) is 0 Å². The highest BCUT2D eigenvalue weighted by molar-refractivity contribution is 5.75. The highest BCUT2D eigenvalue weighted by Crippen LogP contribution is 2.62. The topological polar surface area (TPSA) is 37.3 Å². The average molecular weight is 304 g/mol. The van der Waals surface area contributed by atoms with Crippen LogP contribution in [0.25, 0.3) is 0 Å². The molecule has 2 nitrogen and oxygen atoms in total. The van der Waals surface area contributed by atoms with Crippen LogP contribution in [-0.2, 0) is 4.79 Å². The van der Waals surface area contributed by atoms with E-state index in [0.29, 0.717) is 11.8 Å². The number of rotatable bonds is 2. The summed E-state index contributed by atoms with van der Waals surface area (Å²) in [5.41, 5.74) is 1.35. The second kappa shape index (κ2) is 5.39. The average Bonchev–Trinajstić information content (AvgIpc) is 2.46. The largest absolute Gasteiger partial charge is 0.481 e. The van der Waals surface area contributed by atoms with Crippen molar-refractivity contribution in [2.75, 3.05) is 0 Å². The van der Waals surface area contributed by atoms with E-state index in [2.05, 4.69) is 26.8 Å². The molecule has 0 spiro atoms. The van der Waals surface area contributed by atoms with Crippen molar-refractivity contribution in [3.05, 3.63) is 11.6 Å². The summed E-state index contributed by atoms with van der Waals surface area (Å²) in [6.45, 7) is 9.11. The third-order valence-corrected chi connectivity index (χ3v) is 7.59. The van der Waals surface area contributed by atoms with Gasteiger partial charge in [0.25, 0.3) is 0 Å². The summed E-state index contributed by atoms with van der Waals surface area (Å²) in [7, 11) is 0. The molecule has 3 aliphatic rings. The zero-order valence-corrected chi connectivity index (χ0v) is 14.7. The quantitative estimate of drug-likeness (QED) is 0.704. The minimum atomic E-state index is -0.573. The van der Waals surface area contributed by atoms with Crippen molar-refractivity contribution in [2.24, 2.45) is 34.5 Å². The molecule has 0 saturated heterocycles. The first-order chi connectivity index (χ1) is 10.3. The van der Waals surface area contributed by atoms with Crippen molar-refractivity contribution in [2.45, 2.75) is 72.6 Å². The van der Waals surface area contributed by atoms with Gasteiger partial charge in [0.15, 0.2) is 0 Å². The highest BCUT2D eigenvalue weighted by Gasteiger charge is 2.57. The Balaban J connectivity index is 1.92. The lowest BCUT2D eigenvalue weighted by Gasteiger charge is -2.58. The predicted molar refractivity (Wildman–Crippen MR) is 89.6 cm³/mol. The molecule has 0 bridgehead atoms. The van der Waals surface area contributed by atoms with Crippen LogP contribution in [0.4, 0.5) is 0 Å². The van der Waals surface area contributed by atoms with Gasteiger partial charge in [-0.3, -0.25) is 4.79 Å². The molecule has 0 amide bonds. The number of aliphatic carboxylic acids is 1. The SMILES string of the molecule is CC(C)C1CCC2C(=CCC3C(C)(C(=O)O)CCCC23C)C1. The van der Waals surface area contributed by atoms with Gasteiger partial charge in [0.05, 0.1) is 5.41 Å². The van der Waals surface area contributed by atoms with Gasteiger partial charge in [-0.2, -0.15) is 0 Å². The molecule has 0 heterocycles. The van der Waals surface area contributed by atoms with E-state index in [1.54, 1.807) is 5.57 Å². The molecule has 0 aliphatic heterocycles. The molecule has 5 unspecified atom stereocenters. The lowest BCUT2D eigenvalue weighted by molar-refractivity contribution is -0.163. The summed E-state index contributed by atoms with van der Waals surface area (Å²) in [6.07, 6.45) is 10.4. The maximum atomic E-state index is 12.0. The third kappa shape index (κ3) is 2.25. The summed E-state index contributed by atoms with van der Waals surface area (Å²) >= 11 is 0. The van der Waals surface area contributed by atoms with Crippen LogP contribution in [0, 0.1) is 34.5 Å². The number of carboxylic acids is 1. The normalized spacial score (nSPS) is 45.0. The standard InChI is InChI=1S/C20H32O2/c1-13(2)14-6-8-16-15(12-14)7-9-17-19(16,3)10-5-11-20(17,4)18(21)22/h7,13-14,16-17H,5-6,8-12H2,1-4H3,(H,21,22). The molecule has 1 N–H and O–H groups in total. The first kappa shape index (κ1) is 16.1. The van der Waals surface area contributed by atoms with Crippen molar-refractivity contribution in [1.82, 2.24) is 0 Å². The van der Waals surface area contributed by atoms with Gasteiger partial charge in [0, 0.05) is 0 Å². The van der Waals surface area contributed by atoms with Gasteiger partial charge in [-0.1, -0.05) is 38.8 Å². The van der Waals surface area contributed by atoms with Crippen LogP contribution in [0.5, 0.6) is 0 Å². The summed E-state index contributed by atoms with van der Waals surface area (Å²) in [5, 5.41) is 9.84. The molecule has 0 aromatic heterocycles. The molecule has 124 valence electrons. The second-order valence-electron chi connectivity index (χ2n) is 8.99. The van der Waals surface area contributed by atoms with Crippen molar-refractivity contribution in [1.29, 1.82) is 0 Å². The second-order valence-corrected chi connectivity index (χ2v) is 8.99. The number of allylic oxidation sites excluding steroid dienone is 2. The van der Waals surface area contributed by atoms with Crippen molar-refractivity contribution in [3.8, 4) is 0 Å². The minimum absolute atomic E-state index is 0.206. The molecule has 3 rings (SSSR count). The van der Waals surface area contributed by atoms with E-state index in [9.17, 15) is 9.90 Å². The fourth-order valence-corrected chi connectivity index (χ4v) is 6.05. The van der Waals surface area contributed by atoms with Gasteiger partial charge in [-0.25, -0.2) is 0 Å². The maximum absolute atomic E-state index is 12.0. The lowest BCUT2D eigenvalue weighted by atomic mass is 9.46. The fraction of sp³-hybridized carbons (Fsp3) is 0.850. The van der Waals surface area contributed by atoms with Gasteiger partial charge in [-0.15, -0.1) is 0 Å². The molecule has 2 fully saturated rings. The third-order valence-electron chi connectivity index (χ3n) is 7.59. The summed E-state index contributed by atoms with van der Waals surface area (Å²) < 4.78 is 0. The molecule has 0 radical (unpaired) electrons. The molecular formula is C20H32O2. The molecule has 0 aromatic rings. The number of fused-ring (bicyclic) bond motifs is 3. The van der Waals surface area contributed by atoms with Crippen LogP contribution in [0.3, 0.4) is 0 Å². The first-order valence-electron chi connectivity index (χ1n) is 9.21. The fourth-order valence-electron chi connectivity index (χ4n) is 6.05. The van der Waals surface area contributed by atoms with E-state index >= 15 is 0 Å². The zero-order chi connectivity index (χ0) is 16.1. The Bertz CT molecular complexity index is 492. The number of hydrogen-bond acceptors (Lipinski definition) is 1. The van der Waals surface area contributed by atoms with E-state index in [-0.39, 0.29) is 5.41 Å². The molecule has 2 heteroatoms. The van der Waals surface area contributed by atoms with Gasteiger partial charge in [-0.05, 0) is 74.5 Å². The summed E-state index contributed by atoms with van der Waals surface area (Å²) in [5.74, 6) is 1.98. The van der Waals surface area contributed by atoms with Crippen molar-refractivity contribution in [3.63, 3.8) is 0 Å². The lowest BCUT2D eigenvalue weighted by Crippen LogP contribution is -2.53. The highest BCUT2D eigenvalue weighted by atomic mass is 16.4. The zero-order valence-electron chi connectivity index (χ0n) is 14.7. The van der Waals surface area contributed by atoms with Crippen LogP contribution in [-0.4, -0.2) is 11.1 Å². The monoisotopic (exact) mass is 304 g/mol. The van der Waals surface area contributed by atoms with E-state index in [1.165, 1.54) is 25.7 Å². The van der Waals surface area contributed by atoms with Crippen molar-refractivity contribution < 1.29 is 9.90 Å². The number of hydrogen-bond donors (Lipinski definition) is 1. The predicted octanol–water partition coefficient (Wildman–Crippen LogP) is 5.29. The van der Waals surface area contributed by atoms with Gasteiger partial charge in [0.1, 0.15) is 0 Å². The molecule has 0 aromatic carbocycles. The van der Waals surface area contributed by atoms with E-state index in [0.717, 1.165) is 31.1 Å². The Morgan fingerprint density at radius 1 is 1.27 bits per heavy atom.